The molecule has 0 aliphatic rings. The van der Waals surface area contributed by atoms with Gasteiger partial charge in [-0.05, 0) is 6.07 Å². The third-order valence-corrected chi connectivity index (χ3v) is 1.71. The van der Waals surface area contributed by atoms with Crippen molar-refractivity contribution in [1.29, 1.82) is 5.26 Å². The van der Waals surface area contributed by atoms with Crippen LogP contribution in [0.3, 0.4) is 0 Å². The summed E-state index contributed by atoms with van der Waals surface area (Å²) in [5.41, 5.74) is -0.738. The number of pyridine rings is 1. The number of alkyl halides is 2. The van der Waals surface area contributed by atoms with Crippen molar-refractivity contribution in [1.82, 2.24) is 4.98 Å². The fourth-order valence-corrected chi connectivity index (χ4v) is 1.04. The Balaban J connectivity index is 3.26. The van der Waals surface area contributed by atoms with Crippen LogP contribution in [-0.2, 0) is 6.42 Å². The number of halogens is 3. The second kappa shape index (κ2) is 4.64. The Hall–Kier alpha value is -1.77. The van der Waals surface area contributed by atoms with Crippen molar-refractivity contribution in [2.75, 3.05) is 7.11 Å². The molecule has 0 atom stereocenters. The number of nitrogens with zero attached hydrogens (tertiary/aromatic N) is 2. The van der Waals surface area contributed by atoms with Gasteiger partial charge in [0.1, 0.15) is 5.69 Å². The van der Waals surface area contributed by atoms with Crippen LogP contribution in [0.4, 0.5) is 13.2 Å². The van der Waals surface area contributed by atoms with Gasteiger partial charge >= 0.3 is 0 Å². The van der Waals surface area contributed by atoms with E-state index in [0.717, 1.165) is 13.2 Å². The van der Waals surface area contributed by atoms with Crippen LogP contribution >= 0.6 is 0 Å². The molecule has 0 aliphatic heterocycles. The summed E-state index contributed by atoms with van der Waals surface area (Å²) in [5, 5.41) is 8.37. The quantitative estimate of drug-likeness (QED) is 0.778. The molecule has 1 rings (SSSR count). The number of methoxy groups -OCH3 is 1. The summed E-state index contributed by atoms with van der Waals surface area (Å²) in [6.07, 6.45) is -3.12. The molecule has 6 heteroatoms. The van der Waals surface area contributed by atoms with Crippen molar-refractivity contribution in [2.24, 2.45) is 0 Å². The molecule has 0 spiro atoms. The zero-order valence-electron chi connectivity index (χ0n) is 7.80. The van der Waals surface area contributed by atoms with Gasteiger partial charge in [-0.1, -0.05) is 0 Å². The van der Waals surface area contributed by atoms with Crippen LogP contribution in [0, 0.1) is 17.1 Å². The SMILES string of the molecule is COc1nc(C(F)F)cc(CC#N)c1F. The van der Waals surface area contributed by atoms with E-state index in [1.54, 1.807) is 6.07 Å². The van der Waals surface area contributed by atoms with Gasteiger partial charge in [0.05, 0.1) is 19.6 Å². The van der Waals surface area contributed by atoms with Gasteiger partial charge in [0.2, 0.25) is 0 Å². The van der Waals surface area contributed by atoms with Crippen LogP contribution < -0.4 is 4.74 Å². The van der Waals surface area contributed by atoms with E-state index in [-0.39, 0.29) is 12.0 Å². The van der Waals surface area contributed by atoms with Crippen molar-refractivity contribution in [3.05, 3.63) is 23.1 Å². The predicted molar refractivity (Wildman–Crippen MR) is 45.0 cm³/mol. The van der Waals surface area contributed by atoms with Crippen molar-refractivity contribution in [3.63, 3.8) is 0 Å². The number of ether oxygens (including phenoxy) is 1. The lowest BCUT2D eigenvalue weighted by atomic mass is 10.1. The maximum absolute atomic E-state index is 13.3. The lowest BCUT2D eigenvalue weighted by Crippen LogP contribution is -2.02. The molecule has 3 nitrogen and oxygen atoms in total. The molecule has 15 heavy (non-hydrogen) atoms. The van der Waals surface area contributed by atoms with Crippen LogP contribution in [-0.4, -0.2) is 12.1 Å². The molecular weight excluding hydrogens is 209 g/mol. The standard InChI is InChI=1S/C9H7F3N2O/c1-15-9-7(10)5(2-3-13)4-6(14-9)8(11)12/h4,8H,2H2,1H3. The molecule has 0 fully saturated rings. The second-order valence-corrected chi connectivity index (χ2v) is 2.67. The van der Waals surface area contributed by atoms with Crippen molar-refractivity contribution in [2.45, 2.75) is 12.8 Å². The minimum Gasteiger partial charge on any atom is -0.479 e. The first-order valence-electron chi connectivity index (χ1n) is 3.98. The van der Waals surface area contributed by atoms with Gasteiger partial charge in [0.15, 0.2) is 5.82 Å². The Labute approximate surface area is 84.1 Å². The Kier molecular flexibility index (Phi) is 3.50. The average molecular weight is 216 g/mol. The molecule has 0 saturated heterocycles. The van der Waals surface area contributed by atoms with Crippen molar-refractivity contribution in [3.8, 4) is 11.9 Å². The van der Waals surface area contributed by atoms with E-state index in [4.69, 9.17) is 5.26 Å². The predicted octanol–water partition coefficient (Wildman–Crippen LogP) is 2.23. The van der Waals surface area contributed by atoms with Gasteiger partial charge in [-0.2, -0.15) is 5.26 Å². The summed E-state index contributed by atoms with van der Waals surface area (Å²) in [4.78, 5) is 3.28. The van der Waals surface area contributed by atoms with Crippen LogP contribution in [0.1, 0.15) is 17.7 Å². The summed E-state index contributed by atoms with van der Waals surface area (Å²) in [6, 6.07) is 2.54. The number of hydrogen-bond donors (Lipinski definition) is 0. The Bertz CT molecular complexity index is 401. The maximum atomic E-state index is 13.3. The molecule has 80 valence electrons. The molecule has 1 aromatic rings. The highest BCUT2D eigenvalue weighted by atomic mass is 19.3. The average Bonchev–Trinajstić information content (AvgIpc) is 2.21. The zero-order valence-corrected chi connectivity index (χ0v) is 7.80. The van der Waals surface area contributed by atoms with E-state index >= 15 is 0 Å². The summed E-state index contributed by atoms with van der Waals surface area (Å²) in [5.74, 6) is -1.39. The summed E-state index contributed by atoms with van der Waals surface area (Å²) >= 11 is 0. The summed E-state index contributed by atoms with van der Waals surface area (Å²) in [7, 11) is 1.12. The molecule has 0 amide bonds. The summed E-state index contributed by atoms with van der Waals surface area (Å²) < 4.78 is 42.4. The van der Waals surface area contributed by atoms with E-state index < -0.39 is 23.8 Å². The van der Waals surface area contributed by atoms with Gasteiger partial charge in [-0.25, -0.2) is 18.2 Å². The molecule has 1 aromatic heterocycles. The first-order chi connectivity index (χ1) is 7.10. The van der Waals surface area contributed by atoms with Crippen LogP contribution in [0.25, 0.3) is 0 Å². The monoisotopic (exact) mass is 216 g/mol. The van der Waals surface area contributed by atoms with E-state index in [9.17, 15) is 13.2 Å². The maximum Gasteiger partial charge on any atom is 0.280 e. The van der Waals surface area contributed by atoms with Gasteiger partial charge < -0.3 is 4.74 Å². The third kappa shape index (κ3) is 2.37. The molecule has 0 bridgehead atoms. The van der Waals surface area contributed by atoms with Gasteiger partial charge in [0.25, 0.3) is 12.3 Å². The Morgan fingerprint density at radius 1 is 1.60 bits per heavy atom. The highest BCUT2D eigenvalue weighted by Gasteiger charge is 2.17. The first-order valence-corrected chi connectivity index (χ1v) is 3.98. The minimum atomic E-state index is -2.82. The van der Waals surface area contributed by atoms with E-state index in [0.29, 0.717) is 0 Å². The number of rotatable bonds is 3. The molecule has 0 saturated carbocycles. The van der Waals surface area contributed by atoms with Crippen LogP contribution in [0.15, 0.2) is 6.07 Å². The lowest BCUT2D eigenvalue weighted by molar-refractivity contribution is 0.144. The fraction of sp³-hybridized carbons (Fsp3) is 0.333. The smallest absolute Gasteiger partial charge is 0.280 e. The fourth-order valence-electron chi connectivity index (χ4n) is 1.04. The molecule has 0 aliphatic carbocycles. The lowest BCUT2D eigenvalue weighted by Gasteiger charge is -2.07. The van der Waals surface area contributed by atoms with Gasteiger partial charge in [-0.3, -0.25) is 0 Å². The van der Waals surface area contributed by atoms with Crippen molar-refractivity contribution >= 4 is 0 Å². The highest BCUT2D eigenvalue weighted by Crippen LogP contribution is 2.25. The number of aromatic nitrogens is 1. The summed E-state index contributed by atoms with van der Waals surface area (Å²) in [6.45, 7) is 0. The molecule has 1 heterocycles. The van der Waals surface area contributed by atoms with Gasteiger partial charge in [-0.15, -0.1) is 0 Å². The highest BCUT2D eigenvalue weighted by molar-refractivity contribution is 5.30. The zero-order chi connectivity index (χ0) is 11.4. The van der Waals surface area contributed by atoms with E-state index in [2.05, 4.69) is 9.72 Å². The minimum absolute atomic E-state index is 0.139. The van der Waals surface area contributed by atoms with Crippen LogP contribution in [0.2, 0.25) is 0 Å². The molecule has 0 radical (unpaired) electrons. The molecule has 0 N–H and O–H groups in total. The second-order valence-electron chi connectivity index (χ2n) is 2.67. The molecule has 0 unspecified atom stereocenters. The Morgan fingerprint density at radius 2 is 2.27 bits per heavy atom. The van der Waals surface area contributed by atoms with Gasteiger partial charge in [0, 0.05) is 5.56 Å². The largest absolute Gasteiger partial charge is 0.479 e. The first kappa shape index (κ1) is 11.3. The molecular formula is C9H7F3N2O. The van der Waals surface area contributed by atoms with E-state index in [1.807, 2.05) is 0 Å². The number of hydrogen-bond acceptors (Lipinski definition) is 3. The van der Waals surface area contributed by atoms with Crippen molar-refractivity contribution < 1.29 is 17.9 Å². The molecule has 0 aromatic carbocycles. The Morgan fingerprint density at radius 3 is 2.73 bits per heavy atom. The topological polar surface area (TPSA) is 45.9 Å². The van der Waals surface area contributed by atoms with Crippen LogP contribution in [0.5, 0.6) is 5.88 Å². The normalized spacial score (nSPS) is 10.1. The third-order valence-electron chi connectivity index (χ3n) is 1.71. The number of nitriles is 1. The van der Waals surface area contributed by atoms with E-state index in [1.165, 1.54) is 0 Å².